The van der Waals surface area contributed by atoms with Crippen LogP contribution in [-0.4, -0.2) is 72.6 Å². The van der Waals surface area contributed by atoms with Crippen molar-refractivity contribution in [3.05, 3.63) is 0 Å². The highest BCUT2D eigenvalue weighted by Gasteiger charge is 2.07. The number of aliphatic carboxylic acids is 1. The predicted octanol–water partition coefficient (Wildman–Crippen LogP) is 0.276. The maximum Gasteiger partial charge on any atom is 0.332 e. The molecule has 20 heavy (non-hydrogen) atoms. The molecule has 0 saturated heterocycles. The van der Waals surface area contributed by atoms with Gasteiger partial charge in [-0.3, -0.25) is 0 Å². The van der Waals surface area contributed by atoms with Gasteiger partial charge in [0.2, 0.25) is 0 Å². The lowest BCUT2D eigenvalue weighted by Crippen LogP contribution is -2.24. The Hall–Kier alpha value is -0.730. The van der Waals surface area contributed by atoms with Gasteiger partial charge in [-0.25, -0.2) is 4.79 Å². The highest BCUT2D eigenvalue weighted by Crippen LogP contribution is 1.97. The molecule has 0 amide bonds. The van der Waals surface area contributed by atoms with E-state index >= 15 is 0 Å². The third-order valence-corrected chi connectivity index (χ3v) is 2.20. The fourth-order valence-electron chi connectivity index (χ4n) is 0.805. The van der Waals surface area contributed by atoms with Crippen molar-refractivity contribution in [3.8, 4) is 0 Å². The molecule has 0 rings (SSSR count). The second-order valence-corrected chi connectivity index (χ2v) is 4.54. The number of carboxylic acid groups (broad SMARTS) is 1. The Morgan fingerprint density at radius 1 is 1.05 bits per heavy atom. The maximum absolute atomic E-state index is 9.81. The summed E-state index contributed by atoms with van der Waals surface area (Å²) in [7, 11) is 1.36. The molecule has 122 valence electrons. The van der Waals surface area contributed by atoms with Crippen molar-refractivity contribution in [3.63, 3.8) is 0 Å². The zero-order valence-electron chi connectivity index (χ0n) is 12.9. The summed E-state index contributed by atoms with van der Waals surface area (Å²) in [5.74, 6) is -0.928. The lowest BCUT2D eigenvalue weighted by Gasteiger charge is -2.16. The molecule has 0 radical (unpaired) electrons. The van der Waals surface area contributed by atoms with E-state index in [0.717, 1.165) is 0 Å². The minimum atomic E-state index is -0.928. The van der Waals surface area contributed by atoms with Crippen molar-refractivity contribution in [2.24, 2.45) is 0 Å². The molecule has 0 saturated carbocycles. The summed E-state index contributed by atoms with van der Waals surface area (Å²) in [5.41, 5.74) is 0. The number of methoxy groups -OCH3 is 1. The standard InChI is InChI=1S/C9H20O4.C4H8O3/c1-7(11)5-12-9(3)6-13-8(2)4-10;1-3(7-2)4(5)6/h7-11H,4-6H2,1-3H3;3H,1-2H3,(H,5,6). The molecule has 0 fully saturated rings. The molecule has 0 heterocycles. The van der Waals surface area contributed by atoms with Crippen molar-refractivity contribution < 1.29 is 34.3 Å². The first-order valence-corrected chi connectivity index (χ1v) is 6.52. The molecule has 0 aromatic heterocycles. The van der Waals surface area contributed by atoms with Crippen molar-refractivity contribution in [1.82, 2.24) is 0 Å². The van der Waals surface area contributed by atoms with Gasteiger partial charge >= 0.3 is 5.97 Å². The van der Waals surface area contributed by atoms with Crippen molar-refractivity contribution in [2.75, 3.05) is 26.9 Å². The van der Waals surface area contributed by atoms with Gasteiger partial charge in [0.25, 0.3) is 0 Å². The van der Waals surface area contributed by atoms with E-state index in [9.17, 15) is 4.79 Å². The van der Waals surface area contributed by atoms with Crippen LogP contribution in [0.5, 0.6) is 0 Å². The molecule has 4 atom stereocenters. The average Bonchev–Trinajstić information content (AvgIpc) is 2.41. The Kier molecular flexibility index (Phi) is 14.3. The smallest absolute Gasteiger partial charge is 0.332 e. The number of carboxylic acids is 1. The Balaban J connectivity index is 0. The van der Waals surface area contributed by atoms with Gasteiger partial charge in [0.05, 0.1) is 38.1 Å². The summed E-state index contributed by atoms with van der Waals surface area (Å²) in [5, 5.41) is 25.6. The Morgan fingerprint density at radius 3 is 1.85 bits per heavy atom. The monoisotopic (exact) mass is 296 g/mol. The third kappa shape index (κ3) is 15.3. The molecule has 3 N–H and O–H groups in total. The maximum atomic E-state index is 9.81. The van der Waals surface area contributed by atoms with Gasteiger partial charge in [0.1, 0.15) is 0 Å². The highest BCUT2D eigenvalue weighted by atomic mass is 16.5. The van der Waals surface area contributed by atoms with Gasteiger partial charge in [-0.1, -0.05) is 0 Å². The van der Waals surface area contributed by atoms with Crippen molar-refractivity contribution in [1.29, 1.82) is 0 Å². The van der Waals surface area contributed by atoms with E-state index in [4.69, 9.17) is 24.8 Å². The number of ether oxygens (including phenoxy) is 3. The van der Waals surface area contributed by atoms with E-state index in [2.05, 4.69) is 4.74 Å². The number of carbonyl (C=O) groups is 1. The molecule has 0 spiro atoms. The lowest BCUT2D eigenvalue weighted by atomic mass is 10.4. The second-order valence-electron chi connectivity index (χ2n) is 4.54. The first-order valence-electron chi connectivity index (χ1n) is 6.52. The fourth-order valence-corrected chi connectivity index (χ4v) is 0.805. The first-order chi connectivity index (χ1) is 9.24. The summed E-state index contributed by atoms with van der Waals surface area (Å²) >= 11 is 0. The average molecular weight is 296 g/mol. The molecule has 7 nitrogen and oxygen atoms in total. The highest BCUT2D eigenvalue weighted by molar-refractivity contribution is 5.71. The van der Waals surface area contributed by atoms with E-state index in [-0.39, 0.29) is 18.8 Å². The zero-order valence-corrected chi connectivity index (χ0v) is 12.9. The van der Waals surface area contributed by atoms with Crippen LogP contribution in [0.2, 0.25) is 0 Å². The Labute approximate surface area is 120 Å². The van der Waals surface area contributed by atoms with E-state index in [1.54, 1.807) is 13.8 Å². The number of aliphatic hydroxyl groups excluding tert-OH is 2. The van der Waals surface area contributed by atoms with Gasteiger partial charge < -0.3 is 29.5 Å². The normalized spacial score (nSPS) is 16.6. The SMILES string of the molecule is CC(O)COC(C)COC(C)CO.COC(C)C(=O)O. The molecular weight excluding hydrogens is 268 g/mol. The van der Waals surface area contributed by atoms with E-state index in [1.807, 2.05) is 6.92 Å². The quantitative estimate of drug-likeness (QED) is 0.561. The van der Waals surface area contributed by atoms with Crippen LogP contribution in [0.3, 0.4) is 0 Å². The van der Waals surface area contributed by atoms with Crippen molar-refractivity contribution >= 4 is 5.97 Å². The first kappa shape index (κ1) is 21.6. The van der Waals surface area contributed by atoms with Crippen LogP contribution in [0.4, 0.5) is 0 Å². The van der Waals surface area contributed by atoms with Gasteiger partial charge in [-0.15, -0.1) is 0 Å². The lowest BCUT2D eigenvalue weighted by molar-refractivity contribution is -0.147. The fraction of sp³-hybridized carbons (Fsp3) is 0.923. The van der Waals surface area contributed by atoms with Gasteiger partial charge in [0, 0.05) is 7.11 Å². The Morgan fingerprint density at radius 2 is 1.55 bits per heavy atom. The molecule has 7 heteroatoms. The van der Waals surface area contributed by atoms with Crippen LogP contribution < -0.4 is 0 Å². The second kappa shape index (κ2) is 13.3. The molecule has 4 unspecified atom stereocenters. The van der Waals surface area contributed by atoms with Gasteiger partial charge in [0.15, 0.2) is 6.10 Å². The Bertz CT molecular complexity index is 233. The number of hydrogen-bond donors (Lipinski definition) is 3. The van der Waals surface area contributed by atoms with E-state index in [1.165, 1.54) is 14.0 Å². The summed E-state index contributed by atoms with van der Waals surface area (Å²) in [4.78, 5) is 9.81. The zero-order chi connectivity index (χ0) is 16.1. The molecule has 0 aromatic rings. The van der Waals surface area contributed by atoms with E-state index < -0.39 is 18.2 Å². The number of hydrogen-bond acceptors (Lipinski definition) is 6. The molecular formula is C13H28O7. The van der Waals surface area contributed by atoms with Crippen LogP contribution in [0.25, 0.3) is 0 Å². The minimum Gasteiger partial charge on any atom is -0.479 e. The molecule has 0 aliphatic carbocycles. The minimum absolute atomic E-state index is 0.0170. The number of rotatable bonds is 9. The van der Waals surface area contributed by atoms with Crippen LogP contribution in [0.1, 0.15) is 27.7 Å². The van der Waals surface area contributed by atoms with Crippen LogP contribution >= 0.6 is 0 Å². The molecule has 0 bridgehead atoms. The van der Waals surface area contributed by atoms with Gasteiger partial charge in [-0.05, 0) is 27.7 Å². The third-order valence-electron chi connectivity index (χ3n) is 2.20. The molecule has 0 aromatic carbocycles. The summed E-state index contributed by atoms with van der Waals surface area (Å²) in [6.07, 6.45) is -1.33. The van der Waals surface area contributed by atoms with Crippen LogP contribution in [0.15, 0.2) is 0 Å². The summed E-state index contributed by atoms with van der Waals surface area (Å²) in [6.45, 7) is 7.58. The van der Waals surface area contributed by atoms with Gasteiger partial charge in [-0.2, -0.15) is 0 Å². The molecule has 0 aliphatic heterocycles. The summed E-state index contributed by atoms with van der Waals surface area (Å²) in [6, 6.07) is 0. The predicted molar refractivity (Wildman–Crippen MR) is 73.7 cm³/mol. The van der Waals surface area contributed by atoms with E-state index in [0.29, 0.717) is 13.2 Å². The molecule has 0 aliphatic rings. The topological polar surface area (TPSA) is 105 Å². The number of aliphatic hydroxyl groups is 2. The largest absolute Gasteiger partial charge is 0.479 e. The summed E-state index contributed by atoms with van der Waals surface area (Å²) < 4.78 is 14.9. The van der Waals surface area contributed by atoms with Crippen molar-refractivity contribution in [2.45, 2.75) is 52.1 Å². The van der Waals surface area contributed by atoms with Crippen LogP contribution in [0, 0.1) is 0 Å². The van der Waals surface area contributed by atoms with Crippen LogP contribution in [-0.2, 0) is 19.0 Å².